The van der Waals surface area contributed by atoms with Crippen molar-refractivity contribution >= 4 is 40.7 Å². The number of benzene rings is 2. The first kappa shape index (κ1) is 18.7. The molecule has 0 atom stereocenters. The van der Waals surface area contributed by atoms with Gasteiger partial charge in [-0.1, -0.05) is 23.7 Å². The lowest BCUT2D eigenvalue weighted by Gasteiger charge is -2.12. The van der Waals surface area contributed by atoms with Crippen LogP contribution in [-0.4, -0.2) is 22.5 Å². The number of carbonyl (C=O) groups excluding carboxylic acids is 1. The van der Waals surface area contributed by atoms with Gasteiger partial charge in [-0.25, -0.2) is 9.78 Å². The molecule has 2 aromatic carbocycles. The Bertz CT molecular complexity index is 962. The van der Waals surface area contributed by atoms with E-state index in [1.54, 1.807) is 43.5 Å². The summed E-state index contributed by atoms with van der Waals surface area (Å²) >= 11 is 5.99. The normalized spacial score (nSPS) is 10.3. The van der Waals surface area contributed by atoms with E-state index in [9.17, 15) is 4.79 Å². The highest BCUT2D eigenvalue weighted by atomic mass is 35.5. The summed E-state index contributed by atoms with van der Waals surface area (Å²) in [5.74, 6) is 0.597. The first-order valence-electron chi connectivity index (χ1n) is 8.46. The molecule has 138 valence electrons. The summed E-state index contributed by atoms with van der Waals surface area (Å²) in [4.78, 5) is 20.8. The Kier molecular flexibility index (Phi) is 5.88. The van der Waals surface area contributed by atoms with Gasteiger partial charge in [0.1, 0.15) is 5.82 Å². The standard InChI is InChI=1S/C20H19ClN4O2/c1-3-27-19(26)15-6-4-5-7-17(15)23-18-10-11-22-20(25-18)24-16-9-8-14(21)12-13(16)2/h4-12H,3H2,1-2H3,(H2,22,23,24,25). The third kappa shape index (κ3) is 4.74. The topological polar surface area (TPSA) is 76.1 Å². The minimum atomic E-state index is -0.384. The summed E-state index contributed by atoms with van der Waals surface area (Å²) in [6.45, 7) is 4.04. The Morgan fingerprint density at radius 3 is 2.70 bits per heavy atom. The molecule has 3 aromatic rings. The molecule has 3 rings (SSSR count). The fourth-order valence-electron chi connectivity index (χ4n) is 2.49. The van der Waals surface area contributed by atoms with Gasteiger partial charge in [-0.2, -0.15) is 4.98 Å². The maximum Gasteiger partial charge on any atom is 0.340 e. The highest BCUT2D eigenvalue weighted by Gasteiger charge is 2.12. The SMILES string of the molecule is CCOC(=O)c1ccccc1Nc1ccnc(Nc2ccc(Cl)cc2C)n1. The van der Waals surface area contributed by atoms with E-state index in [1.807, 2.05) is 25.1 Å². The van der Waals surface area contributed by atoms with E-state index in [1.165, 1.54) is 0 Å². The molecular formula is C20H19ClN4O2. The molecule has 0 bridgehead atoms. The van der Waals surface area contributed by atoms with Gasteiger partial charge in [-0.15, -0.1) is 0 Å². The van der Waals surface area contributed by atoms with Gasteiger partial charge >= 0.3 is 5.97 Å². The number of para-hydroxylation sites is 1. The molecule has 0 amide bonds. The highest BCUT2D eigenvalue weighted by molar-refractivity contribution is 6.30. The van der Waals surface area contributed by atoms with Crippen molar-refractivity contribution < 1.29 is 9.53 Å². The zero-order chi connectivity index (χ0) is 19.2. The van der Waals surface area contributed by atoms with Crippen molar-refractivity contribution in [2.75, 3.05) is 17.2 Å². The third-order valence-electron chi connectivity index (χ3n) is 3.78. The zero-order valence-corrected chi connectivity index (χ0v) is 15.7. The molecule has 1 heterocycles. The second-order valence-electron chi connectivity index (χ2n) is 5.74. The molecule has 6 nitrogen and oxygen atoms in total. The van der Waals surface area contributed by atoms with Crippen LogP contribution in [0, 0.1) is 6.92 Å². The molecule has 0 radical (unpaired) electrons. The molecule has 0 aliphatic rings. The number of nitrogens with zero attached hydrogens (tertiary/aromatic N) is 2. The van der Waals surface area contributed by atoms with Gasteiger partial charge in [0.15, 0.2) is 0 Å². The number of nitrogens with one attached hydrogen (secondary N) is 2. The van der Waals surface area contributed by atoms with Crippen LogP contribution in [0.15, 0.2) is 54.7 Å². The van der Waals surface area contributed by atoms with Crippen LogP contribution in [0.4, 0.5) is 23.1 Å². The predicted molar refractivity (Wildman–Crippen MR) is 107 cm³/mol. The van der Waals surface area contributed by atoms with Gasteiger partial charge in [0.25, 0.3) is 0 Å². The predicted octanol–water partition coefficient (Wildman–Crippen LogP) is 5.10. The van der Waals surface area contributed by atoms with E-state index >= 15 is 0 Å². The second kappa shape index (κ2) is 8.51. The van der Waals surface area contributed by atoms with Crippen molar-refractivity contribution in [1.82, 2.24) is 9.97 Å². The number of hydrogen-bond donors (Lipinski definition) is 2. The highest BCUT2D eigenvalue weighted by Crippen LogP contribution is 2.24. The summed E-state index contributed by atoms with van der Waals surface area (Å²) < 4.78 is 5.10. The fourth-order valence-corrected chi connectivity index (χ4v) is 2.72. The number of hydrogen-bond acceptors (Lipinski definition) is 6. The lowest BCUT2D eigenvalue weighted by Crippen LogP contribution is -2.08. The molecular weight excluding hydrogens is 364 g/mol. The molecule has 0 saturated heterocycles. The molecule has 0 unspecified atom stereocenters. The number of aryl methyl sites for hydroxylation is 1. The van der Waals surface area contributed by atoms with Gasteiger partial charge in [0, 0.05) is 16.9 Å². The molecule has 0 aliphatic heterocycles. The molecule has 7 heteroatoms. The Balaban J connectivity index is 1.82. The van der Waals surface area contributed by atoms with Crippen molar-refractivity contribution in [3.8, 4) is 0 Å². The van der Waals surface area contributed by atoms with E-state index in [2.05, 4.69) is 20.6 Å². The molecule has 0 saturated carbocycles. The van der Waals surface area contributed by atoms with Crippen LogP contribution >= 0.6 is 11.6 Å². The lowest BCUT2D eigenvalue weighted by molar-refractivity contribution is 0.0527. The van der Waals surface area contributed by atoms with Crippen LogP contribution in [0.25, 0.3) is 0 Å². The summed E-state index contributed by atoms with van der Waals surface area (Å²) in [5.41, 5.74) is 2.91. The minimum absolute atomic E-state index is 0.315. The van der Waals surface area contributed by atoms with Crippen LogP contribution in [0.2, 0.25) is 5.02 Å². The monoisotopic (exact) mass is 382 g/mol. The average Bonchev–Trinajstić information content (AvgIpc) is 2.65. The number of halogens is 1. The molecule has 0 fully saturated rings. The average molecular weight is 383 g/mol. The molecule has 2 N–H and O–H groups in total. The number of esters is 1. The van der Waals surface area contributed by atoms with Gasteiger partial charge in [0.2, 0.25) is 5.95 Å². The number of anilines is 4. The lowest BCUT2D eigenvalue weighted by atomic mass is 10.2. The summed E-state index contributed by atoms with van der Waals surface area (Å²) in [6, 6.07) is 14.4. The van der Waals surface area contributed by atoms with Crippen LogP contribution in [0.5, 0.6) is 0 Å². The van der Waals surface area contributed by atoms with Crippen molar-refractivity contribution in [3.63, 3.8) is 0 Å². The Labute approximate surface area is 162 Å². The van der Waals surface area contributed by atoms with Gasteiger partial charge < -0.3 is 15.4 Å². The van der Waals surface area contributed by atoms with Crippen molar-refractivity contribution in [2.45, 2.75) is 13.8 Å². The largest absolute Gasteiger partial charge is 0.462 e. The van der Waals surface area contributed by atoms with Crippen molar-refractivity contribution in [1.29, 1.82) is 0 Å². The van der Waals surface area contributed by atoms with Gasteiger partial charge in [0.05, 0.1) is 17.9 Å². The Morgan fingerprint density at radius 2 is 1.93 bits per heavy atom. The van der Waals surface area contributed by atoms with Crippen LogP contribution in [0.3, 0.4) is 0 Å². The van der Waals surface area contributed by atoms with Crippen LogP contribution in [-0.2, 0) is 4.74 Å². The quantitative estimate of drug-likeness (QED) is 0.577. The smallest absolute Gasteiger partial charge is 0.340 e. The summed E-state index contributed by atoms with van der Waals surface area (Å²) in [6.07, 6.45) is 1.63. The van der Waals surface area contributed by atoms with Crippen LogP contribution in [0.1, 0.15) is 22.8 Å². The maximum atomic E-state index is 12.1. The second-order valence-corrected chi connectivity index (χ2v) is 6.18. The van der Waals surface area contributed by atoms with Crippen molar-refractivity contribution in [3.05, 3.63) is 70.9 Å². The fraction of sp³-hybridized carbons (Fsp3) is 0.150. The molecule has 1 aromatic heterocycles. The number of aromatic nitrogens is 2. The van der Waals surface area contributed by atoms with E-state index in [4.69, 9.17) is 16.3 Å². The van der Waals surface area contributed by atoms with E-state index < -0.39 is 0 Å². The van der Waals surface area contributed by atoms with E-state index in [0.29, 0.717) is 34.6 Å². The molecule has 27 heavy (non-hydrogen) atoms. The Morgan fingerprint density at radius 1 is 1.11 bits per heavy atom. The Hall–Kier alpha value is -3.12. The molecule has 0 spiro atoms. The first-order chi connectivity index (χ1) is 13.1. The number of carbonyl (C=O) groups is 1. The number of ether oxygens (including phenoxy) is 1. The van der Waals surface area contributed by atoms with Crippen LogP contribution < -0.4 is 10.6 Å². The third-order valence-corrected chi connectivity index (χ3v) is 4.01. The van der Waals surface area contributed by atoms with Gasteiger partial charge in [-0.05, 0) is 55.8 Å². The minimum Gasteiger partial charge on any atom is -0.462 e. The summed E-state index contributed by atoms with van der Waals surface area (Å²) in [5, 5.41) is 6.99. The summed E-state index contributed by atoms with van der Waals surface area (Å²) in [7, 11) is 0. The first-order valence-corrected chi connectivity index (χ1v) is 8.84. The van der Waals surface area contributed by atoms with Crippen molar-refractivity contribution in [2.24, 2.45) is 0 Å². The zero-order valence-electron chi connectivity index (χ0n) is 15.0. The maximum absolute atomic E-state index is 12.1. The molecule has 0 aliphatic carbocycles. The van der Waals surface area contributed by atoms with E-state index in [0.717, 1.165) is 11.3 Å². The van der Waals surface area contributed by atoms with E-state index in [-0.39, 0.29) is 5.97 Å². The van der Waals surface area contributed by atoms with Gasteiger partial charge in [-0.3, -0.25) is 0 Å². The number of rotatable bonds is 6.